The van der Waals surface area contributed by atoms with Crippen molar-refractivity contribution < 1.29 is 0 Å². The predicted molar refractivity (Wildman–Crippen MR) is 80.3 cm³/mol. The number of likely N-dealkylation sites (tertiary alicyclic amines) is 1. The molecule has 3 rings (SSSR count). The van der Waals surface area contributed by atoms with Gasteiger partial charge in [0.2, 0.25) is 0 Å². The minimum atomic E-state index is 0.532. The number of hydrogen-bond acceptors (Lipinski definition) is 2. The van der Waals surface area contributed by atoms with Gasteiger partial charge in [0, 0.05) is 18.6 Å². The van der Waals surface area contributed by atoms with E-state index >= 15 is 0 Å². The Labute approximate surface area is 117 Å². The SMILES string of the molecule is CC(C)C1CCCN1CC1NCCc2ccccc21. The standard InChI is InChI=1S/C17H26N2/c1-13(2)17-8-5-11-19(17)12-16-15-7-4-3-6-14(15)9-10-18-16/h3-4,6-7,13,16-18H,5,8-12H2,1-2H3. The Morgan fingerprint density at radius 1 is 1.32 bits per heavy atom. The van der Waals surface area contributed by atoms with Crippen LogP contribution in [0.2, 0.25) is 0 Å². The van der Waals surface area contributed by atoms with Crippen molar-refractivity contribution in [3.8, 4) is 0 Å². The highest BCUT2D eigenvalue weighted by Crippen LogP contribution is 2.29. The van der Waals surface area contributed by atoms with Gasteiger partial charge in [0.25, 0.3) is 0 Å². The Balaban J connectivity index is 1.74. The van der Waals surface area contributed by atoms with Crippen LogP contribution in [-0.4, -0.2) is 30.6 Å². The molecule has 104 valence electrons. The number of rotatable bonds is 3. The molecule has 2 atom stereocenters. The first-order chi connectivity index (χ1) is 9.25. The fraction of sp³-hybridized carbons (Fsp3) is 0.647. The normalized spacial score (nSPS) is 27.7. The van der Waals surface area contributed by atoms with E-state index in [0.29, 0.717) is 6.04 Å². The van der Waals surface area contributed by atoms with E-state index in [1.54, 1.807) is 5.56 Å². The van der Waals surface area contributed by atoms with Crippen molar-refractivity contribution in [1.82, 2.24) is 10.2 Å². The average molecular weight is 258 g/mol. The molecule has 2 heteroatoms. The van der Waals surface area contributed by atoms with Crippen molar-refractivity contribution in [2.45, 2.75) is 45.2 Å². The molecule has 1 aromatic carbocycles. The maximum atomic E-state index is 3.72. The van der Waals surface area contributed by atoms with E-state index in [-0.39, 0.29) is 0 Å². The molecule has 0 bridgehead atoms. The Kier molecular flexibility index (Phi) is 3.90. The molecule has 2 aliphatic heterocycles. The highest BCUT2D eigenvalue weighted by Gasteiger charge is 2.30. The highest BCUT2D eigenvalue weighted by atomic mass is 15.2. The lowest BCUT2D eigenvalue weighted by Crippen LogP contribution is -2.42. The van der Waals surface area contributed by atoms with Gasteiger partial charge in [-0.3, -0.25) is 4.90 Å². The Morgan fingerprint density at radius 3 is 3.00 bits per heavy atom. The number of hydrogen-bond donors (Lipinski definition) is 1. The van der Waals surface area contributed by atoms with Gasteiger partial charge in [0.05, 0.1) is 0 Å². The molecule has 0 amide bonds. The van der Waals surface area contributed by atoms with Gasteiger partial charge >= 0.3 is 0 Å². The van der Waals surface area contributed by atoms with Gasteiger partial charge in [0.15, 0.2) is 0 Å². The van der Waals surface area contributed by atoms with Gasteiger partial charge in [0.1, 0.15) is 0 Å². The number of nitrogens with one attached hydrogen (secondary N) is 1. The van der Waals surface area contributed by atoms with E-state index in [0.717, 1.165) is 18.5 Å². The summed E-state index contributed by atoms with van der Waals surface area (Å²) < 4.78 is 0. The summed E-state index contributed by atoms with van der Waals surface area (Å²) in [6.45, 7) is 8.32. The van der Waals surface area contributed by atoms with Crippen LogP contribution in [0.4, 0.5) is 0 Å². The predicted octanol–water partition coefficient (Wildman–Crippen LogP) is 2.99. The third-order valence-electron chi connectivity index (χ3n) is 4.82. The molecule has 2 nitrogen and oxygen atoms in total. The van der Waals surface area contributed by atoms with Gasteiger partial charge in [-0.15, -0.1) is 0 Å². The van der Waals surface area contributed by atoms with E-state index in [4.69, 9.17) is 0 Å². The van der Waals surface area contributed by atoms with E-state index in [2.05, 4.69) is 48.3 Å². The molecule has 2 aliphatic rings. The molecule has 19 heavy (non-hydrogen) atoms. The molecular weight excluding hydrogens is 232 g/mol. The lowest BCUT2D eigenvalue weighted by molar-refractivity contribution is 0.184. The Bertz CT molecular complexity index is 427. The molecule has 1 aromatic rings. The maximum Gasteiger partial charge on any atom is 0.0452 e. The second-order valence-corrected chi connectivity index (χ2v) is 6.40. The van der Waals surface area contributed by atoms with Crippen LogP contribution in [0.1, 0.15) is 43.9 Å². The minimum absolute atomic E-state index is 0.532. The molecule has 0 spiro atoms. The first-order valence-corrected chi connectivity index (χ1v) is 7.81. The van der Waals surface area contributed by atoms with E-state index in [1.807, 2.05) is 0 Å². The summed E-state index contributed by atoms with van der Waals surface area (Å²) in [5, 5.41) is 3.72. The molecular formula is C17H26N2. The second kappa shape index (κ2) is 5.64. The topological polar surface area (TPSA) is 15.3 Å². The molecule has 0 aliphatic carbocycles. The van der Waals surface area contributed by atoms with Gasteiger partial charge in [-0.25, -0.2) is 0 Å². The van der Waals surface area contributed by atoms with Crippen LogP contribution in [0.5, 0.6) is 0 Å². The van der Waals surface area contributed by atoms with Crippen molar-refractivity contribution >= 4 is 0 Å². The molecule has 0 saturated carbocycles. The third-order valence-corrected chi connectivity index (χ3v) is 4.82. The molecule has 2 unspecified atom stereocenters. The van der Waals surface area contributed by atoms with Crippen molar-refractivity contribution in [2.75, 3.05) is 19.6 Å². The minimum Gasteiger partial charge on any atom is -0.309 e. The molecule has 1 N–H and O–H groups in total. The zero-order valence-corrected chi connectivity index (χ0v) is 12.2. The summed E-state index contributed by atoms with van der Waals surface area (Å²) in [6.07, 6.45) is 3.93. The van der Waals surface area contributed by atoms with Gasteiger partial charge < -0.3 is 5.32 Å². The van der Waals surface area contributed by atoms with Gasteiger partial charge in [-0.2, -0.15) is 0 Å². The number of nitrogens with zero attached hydrogens (tertiary/aromatic N) is 1. The summed E-state index contributed by atoms with van der Waals surface area (Å²) in [7, 11) is 0. The van der Waals surface area contributed by atoms with Crippen LogP contribution in [-0.2, 0) is 6.42 Å². The third kappa shape index (κ3) is 2.70. The zero-order chi connectivity index (χ0) is 13.2. The summed E-state index contributed by atoms with van der Waals surface area (Å²) in [5.41, 5.74) is 3.08. The lowest BCUT2D eigenvalue weighted by atomic mass is 9.93. The van der Waals surface area contributed by atoms with Crippen LogP contribution in [0.15, 0.2) is 24.3 Å². The molecule has 1 saturated heterocycles. The van der Waals surface area contributed by atoms with E-state index in [1.165, 1.54) is 37.9 Å². The number of benzene rings is 1. The fourth-order valence-electron chi connectivity index (χ4n) is 3.82. The van der Waals surface area contributed by atoms with E-state index < -0.39 is 0 Å². The molecule has 0 radical (unpaired) electrons. The van der Waals surface area contributed by atoms with Crippen LogP contribution >= 0.6 is 0 Å². The summed E-state index contributed by atoms with van der Waals surface area (Å²) in [6, 6.07) is 10.3. The zero-order valence-electron chi connectivity index (χ0n) is 12.2. The largest absolute Gasteiger partial charge is 0.309 e. The Morgan fingerprint density at radius 2 is 2.16 bits per heavy atom. The molecule has 1 fully saturated rings. The lowest BCUT2D eigenvalue weighted by Gasteiger charge is -2.34. The van der Waals surface area contributed by atoms with Crippen LogP contribution < -0.4 is 5.32 Å². The molecule has 0 aromatic heterocycles. The summed E-state index contributed by atoms with van der Waals surface area (Å²) >= 11 is 0. The Hall–Kier alpha value is -0.860. The monoisotopic (exact) mass is 258 g/mol. The van der Waals surface area contributed by atoms with Gasteiger partial charge in [-0.05, 0) is 49.4 Å². The quantitative estimate of drug-likeness (QED) is 0.896. The number of fused-ring (bicyclic) bond motifs is 1. The summed E-state index contributed by atoms with van der Waals surface area (Å²) in [4.78, 5) is 2.71. The smallest absolute Gasteiger partial charge is 0.0452 e. The van der Waals surface area contributed by atoms with Crippen molar-refractivity contribution in [1.29, 1.82) is 0 Å². The van der Waals surface area contributed by atoms with Crippen LogP contribution in [0.25, 0.3) is 0 Å². The van der Waals surface area contributed by atoms with Gasteiger partial charge in [-0.1, -0.05) is 38.1 Å². The maximum absolute atomic E-state index is 3.72. The first-order valence-electron chi connectivity index (χ1n) is 7.81. The van der Waals surface area contributed by atoms with Crippen molar-refractivity contribution in [3.05, 3.63) is 35.4 Å². The highest BCUT2D eigenvalue weighted by molar-refractivity contribution is 5.32. The summed E-state index contributed by atoms with van der Waals surface area (Å²) in [5.74, 6) is 0.779. The second-order valence-electron chi connectivity index (χ2n) is 6.40. The van der Waals surface area contributed by atoms with E-state index in [9.17, 15) is 0 Å². The van der Waals surface area contributed by atoms with Crippen molar-refractivity contribution in [2.24, 2.45) is 5.92 Å². The van der Waals surface area contributed by atoms with Crippen molar-refractivity contribution in [3.63, 3.8) is 0 Å². The first kappa shape index (κ1) is 13.1. The average Bonchev–Trinajstić information content (AvgIpc) is 2.87. The fourth-order valence-corrected chi connectivity index (χ4v) is 3.82. The molecule has 2 heterocycles. The van der Waals surface area contributed by atoms with Crippen LogP contribution in [0.3, 0.4) is 0 Å². The van der Waals surface area contributed by atoms with Crippen LogP contribution in [0, 0.1) is 5.92 Å².